The second kappa shape index (κ2) is 5.16. The van der Waals surface area contributed by atoms with Crippen LogP contribution in [0.2, 0.25) is 0 Å². The highest BCUT2D eigenvalue weighted by Crippen LogP contribution is 2.11. The van der Waals surface area contributed by atoms with Crippen LogP contribution in [0.4, 0.5) is 0 Å². The molecule has 4 N–H and O–H groups in total. The molecule has 0 fully saturated rings. The minimum Gasteiger partial charge on any atom is -0.508 e. The van der Waals surface area contributed by atoms with E-state index in [1.54, 1.807) is 42.5 Å². The van der Waals surface area contributed by atoms with Gasteiger partial charge in [0.2, 0.25) is 0 Å². The lowest BCUT2D eigenvalue weighted by molar-refractivity contribution is 0.0951. The number of imidazole rings is 1. The van der Waals surface area contributed by atoms with Crippen LogP contribution in [0.25, 0.3) is 11.0 Å². The van der Waals surface area contributed by atoms with Gasteiger partial charge in [-0.1, -0.05) is 12.1 Å². The summed E-state index contributed by atoms with van der Waals surface area (Å²) in [6.07, 6.45) is 0. The first kappa shape index (κ1) is 13.0. The normalized spacial score (nSPS) is 10.7. The van der Waals surface area contributed by atoms with Crippen molar-refractivity contribution >= 4 is 16.9 Å². The van der Waals surface area contributed by atoms with Gasteiger partial charge in [0.1, 0.15) is 5.75 Å². The van der Waals surface area contributed by atoms with Crippen LogP contribution in [0.15, 0.2) is 47.3 Å². The van der Waals surface area contributed by atoms with Crippen LogP contribution in [-0.4, -0.2) is 21.0 Å². The zero-order chi connectivity index (χ0) is 14.8. The lowest BCUT2D eigenvalue weighted by Gasteiger charge is -2.05. The number of aromatic amines is 2. The summed E-state index contributed by atoms with van der Waals surface area (Å²) in [7, 11) is 0. The molecule has 0 saturated heterocycles. The lowest BCUT2D eigenvalue weighted by Crippen LogP contribution is -2.22. The predicted molar refractivity (Wildman–Crippen MR) is 78.2 cm³/mol. The number of rotatable bonds is 3. The average Bonchev–Trinajstić information content (AvgIpc) is 2.85. The fourth-order valence-electron chi connectivity index (χ4n) is 2.07. The monoisotopic (exact) mass is 283 g/mol. The number of benzene rings is 2. The Morgan fingerprint density at radius 1 is 1.05 bits per heavy atom. The summed E-state index contributed by atoms with van der Waals surface area (Å²) in [6.45, 7) is 0.362. The highest BCUT2D eigenvalue weighted by molar-refractivity contribution is 5.97. The van der Waals surface area contributed by atoms with E-state index >= 15 is 0 Å². The fourth-order valence-corrected chi connectivity index (χ4v) is 2.07. The SMILES string of the molecule is O=C(NCc1ccc(O)cc1)c1ccc2[nH]c(=O)[nH]c2c1. The second-order valence-corrected chi connectivity index (χ2v) is 4.69. The number of H-pyrrole nitrogens is 2. The van der Waals surface area contributed by atoms with Gasteiger partial charge in [-0.3, -0.25) is 4.79 Å². The molecule has 6 heteroatoms. The summed E-state index contributed by atoms with van der Waals surface area (Å²) in [5, 5.41) is 12.0. The molecule has 0 spiro atoms. The third-order valence-electron chi connectivity index (χ3n) is 3.17. The van der Waals surface area contributed by atoms with E-state index in [0.717, 1.165) is 5.56 Å². The fraction of sp³-hybridized carbons (Fsp3) is 0.0667. The van der Waals surface area contributed by atoms with Crippen LogP contribution in [0.5, 0.6) is 5.75 Å². The average molecular weight is 283 g/mol. The van der Waals surface area contributed by atoms with Crippen molar-refractivity contribution in [3.8, 4) is 5.75 Å². The number of aromatic nitrogens is 2. The van der Waals surface area contributed by atoms with E-state index in [9.17, 15) is 14.7 Å². The zero-order valence-corrected chi connectivity index (χ0v) is 11.0. The first-order valence-electron chi connectivity index (χ1n) is 6.40. The first-order chi connectivity index (χ1) is 10.1. The molecule has 1 amide bonds. The Labute approximate surface area is 119 Å². The summed E-state index contributed by atoms with van der Waals surface area (Å²) >= 11 is 0. The zero-order valence-electron chi connectivity index (χ0n) is 11.0. The molecule has 0 unspecified atom stereocenters. The Balaban J connectivity index is 1.74. The Hall–Kier alpha value is -3.02. The van der Waals surface area contributed by atoms with E-state index in [4.69, 9.17) is 0 Å². The number of nitrogens with one attached hydrogen (secondary N) is 3. The van der Waals surface area contributed by atoms with Gasteiger partial charge in [-0.05, 0) is 35.9 Å². The maximum atomic E-state index is 12.1. The minimum atomic E-state index is -0.299. The molecule has 6 nitrogen and oxygen atoms in total. The van der Waals surface area contributed by atoms with E-state index in [1.807, 2.05) is 0 Å². The van der Waals surface area contributed by atoms with Crippen LogP contribution in [0, 0.1) is 0 Å². The largest absolute Gasteiger partial charge is 0.508 e. The molecule has 3 rings (SSSR count). The third kappa shape index (κ3) is 2.79. The van der Waals surface area contributed by atoms with E-state index in [2.05, 4.69) is 15.3 Å². The van der Waals surface area contributed by atoms with Gasteiger partial charge in [0, 0.05) is 12.1 Å². The number of hydrogen-bond donors (Lipinski definition) is 4. The quantitative estimate of drug-likeness (QED) is 0.586. The Morgan fingerprint density at radius 3 is 2.52 bits per heavy atom. The molecule has 106 valence electrons. The van der Waals surface area contributed by atoms with Gasteiger partial charge in [-0.15, -0.1) is 0 Å². The number of amides is 1. The van der Waals surface area contributed by atoms with E-state index in [0.29, 0.717) is 23.1 Å². The molecule has 1 heterocycles. The molecular formula is C15H13N3O3. The summed E-state index contributed by atoms with van der Waals surface area (Å²) in [5.41, 5.74) is 2.31. The van der Waals surface area contributed by atoms with Gasteiger partial charge in [0.25, 0.3) is 5.91 Å². The molecule has 2 aromatic carbocycles. The molecule has 3 aromatic rings. The van der Waals surface area contributed by atoms with Crippen molar-refractivity contribution in [2.24, 2.45) is 0 Å². The summed E-state index contributed by atoms with van der Waals surface area (Å²) in [6, 6.07) is 11.6. The topological polar surface area (TPSA) is 98.0 Å². The van der Waals surface area contributed by atoms with Gasteiger partial charge >= 0.3 is 5.69 Å². The van der Waals surface area contributed by atoms with Crippen LogP contribution in [0.1, 0.15) is 15.9 Å². The van der Waals surface area contributed by atoms with Gasteiger partial charge in [0.05, 0.1) is 11.0 Å². The number of phenolic OH excluding ortho intramolecular Hbond substituents is 1. The van der Waals surface area contributed by atoms with Crippen molar-refractivity contribution in [1.82, 2.24) is 15.3 Å². The van der Waals surface area contributed by atoms with Gasteiger partial charge in [-0.2, -0.15) is 0 Å². The van der Waals surface area contributed by atoms with Crippen molar-refractivity contribution in [3.63, 3.8) is 0 Å². The highest BCUT2D eigenvalue weighted by Gasteiger charge is 2.07. The van der Waals surface area contributed by atoms with Gasteiger partial charge in [-0.25, -0.2) is 4.79 Å². The number of phenols is 1. The summed E-state index contributed by atoms with van der Waals surface area (Å²) < 4.78 is 0. The standard InChI is InChI=1S/C15H13N3O3/c19-11-4-1-9(2-5-11)8-16-14(20)10-3-6-12-13(7-10)18-15(21)17-12/h1-7,19H,8H2,(H,16,20)(H2,17,18,21). The molecule has 1 aromatic heterocycles. The van der Waals surface area contributed by atoms with Gasteiger partial charge in [0.15, 0.2) is 0 Å². The minimum absolute atomic E-state index is 0.187. The highest BCUT2D eigenvalue weighted by atomic mass is 16.3. The van der Waals surface area contributed by atoms with E-state index in [-0.39, 0.29) is 17.3 Å². The molecular weight excluding hydrogens is 270 g/mol. The lowest BCUT2D eigenvalue weighted by atomic mass is 10.1. The van der Waals surface area contributed by atoms with Crippen molar-refractivity contribution in [1.29, 1.82) is 0 Å². The number of carbonyl (C=O) groups is 1. The number of fused-ring (bicyclic) bond motifs is 1. The third-order valence-corrected chi connectivity index (χ3v) is 3.17. The number of hydrogen-bond acceptors (Lipinski definition) is 3. The van der Waals surface area contributed by atoms with Crippen LogP contribution in [-0.2, 0) is 6.54 Å². The first-order valence-corrected chi connectivity index (χ1v) is 6.40. The van der Waals surface area contributed by atoms with Crippen molar-refractivity contribution in [2.45, 2.75) is 6.54 Å². The molecule has 0 aliphatic heterocycles. The molecule has 0 aliphatic carbocycles. The molecule has 0 bridgehead atoms. The number of carbonyl (C=O) groups excluding carboxylic acids is 1. The second-order valence-electron chi connectivity index (χ2n) is 4.69. The van der Waals surface area contributed by atoms with Crippen LogP contribution in [0.3, 0.4) is 0 Å². The Morgan fingerprint density at radius 2 is 1.76 bits per heavy atom. The maximum Gasteiger partial charge on any atom is 0.323 e. The summed E-state index contributed by atoms with van der Waals surface area (Å²) in [5.74, 6) is -0.0426. The van der Waals surface area contributed by atoms with E-state index < -0.39 is 0 Å². The Kier molecular flexibility index (Phi) is 3.19. The van der Waals surface area contributed by atoms with E-state index in [1.165, 1.54) is 0 Å². The van der Waals surface area contributed by atoms with Gasteiger partial charge < -0.3 is 20.4 Å². The molecule has 21 heavy (non-hydrogen) atoms. The molecule has 0 radical (unpaired) electrons. The number of aromatic hydroxyl groups is 1. The van der Waals surface area contributed by atoms with Crippen molar-refractivity contribution in [2.75, 3.05) is 0 Å². The van der Waals surface area contributed by atoms with Crippen LogP contribution < -0.4 is 11.0 Å². The van der Waals surface area contributed by atoms with Crippen molar-refractivity contribution < 1.29 is 9.90 Å². The predicted octanol–water partition coefficient (Wildman–Crippen LogP) is 1.49. The smallest absolute Gasteiger partial charge is 0.323 e. The van der Waals surface area contributed by atoms with Crippen molar-refractivity contribution in [3.05, 3.63) is 64.1 Å². The maximum absolute atomic E-state index is 12.1. The Bertz CT molecular complexity index is 846. The molecule has 0 aliphatic rings. The molecule has 0 atom stereocenters. The molecule has 0 saturated carbocycles. The summed E-state index contributed by atoms with van der Waals surface area (Å²) in [4.78, 5) is 28.5. The van der Waals surface area contributed by atoms with Crippen LogP contribution >= 0.6 is 0 Å².